The lowest BCUT2D eigenvalue weighted by Crippen LogP contribution is -2.58. The number of rotatable bonds is 3. The summed E-state index contributed by atoms with van der Waals surface area (Å²) in [5.74, 6) is 0.257. The van der Waals surface area contributed by atoms with E-state index in [1.807, 2.05) is 6.92 Å². The van der Waals surface area contributed by atoms with Crippen molar-refractivity contribution in [2.24, 2.45) is 5.92 Å². The predicted molar refractivity (Wildman–Crippen MR) is 56.6 cm³/mol. The Balaban J connectivity index is 2.75. The number of aliphatic hydroxyl groups excluding tert-OH is 2. The maximum Gasteiger partial charge on any atom is 0.114 e. The first-order valence-corrected chi connectivity index (χ1v) is 5.57. The molecule has 6 unspecified atom stereocenters. The molecule has 4 heteroatoms. The van der Waals surface area contributed by atoms with Crippen LogP contribution in [-0.2, 0) is 9.47 Å². The number of hydrogen-bond acceptors (Lipinski definition) is 4. The highest BCUT2D eigenvalue weighted by molar-refractivity contribution is 4.93. The van der Waals surface area contributed by atoms with Crippen LogP contribution in [0.1, 0.15) is 27.2 Å². The van der Waals surface area contributed by atoms with E-state index < -0.39 is 18.3 Å². The first kappa shape index (κ1) is 12.9. The van der Waals surface area contributed by atoms with E-state index in [2.05, 4.69) is 6.92 Å². The van der Waals surface area contributed by atoms with E-state index in [-0.39, 0.29) is 18.1 Å². The fourth-order valence-electron chi connectivity index (χ4n) is 2.05. The summed E-state index contributed by atoms with van der Waals surface area (Å²) in [5.41, 5.74) is 0. The van der Waals surface area contributed by atoms with E-state index in [4.69, 9.17) is 9.47 Å². The van der Waals surface area contributed by atoms with Crippen LogP contribution in [0.3, 0.4) is 0 Å². The molecule has 1 aliphatic rings. The van der Waals surface area contributed by atoms with E-state index in [9.17, 15) is 10.2 Å². The van der Waals surface area contributed by atoms with Crippen molar-refractivity contribution in [3.63, 3.8) is 0 Å². The van der Waals surface area contributed by atoms with Crippen LogP contribution < -0.4 is 0 Å². The van der Waals surface area contributed by atoms with Crippen LogP contribution in [0.25, 0.3) is 0 Å². The highest BCUT2D eigenvalue weighted by Crippen LogP contribution is 2.28. The van der Waals surface area contributed by atoms with Gasteiger partial charge in [-0.15, -0.1) is 0 Å². The van der Waals surface area contributed by atoms with Gasteiger partial charge < -0.3 is 19.7 Å². The number of methoxy groups -OCH3 is 1. The highest BCUT2D eigenvalue weighted by Gasteiger charge is 2.44. The molecule has 0 saturated carbocycles. The van der Waals surface area contributed by atoms with Crippen molar-refractivity contribution in [3.05, 3.63) is 0 Å². The molecular weight excluding hydrogens is 196 g/mol. The minimum atomic E-state index is -0.759. The van der Waals surface area contributed by atoms with E-state index in [1.165, 1.54) is 7.11 Å². The Morgan fingerprint density at radius 3 is 2.40 bits per heavy atom. The zero-order chi connectivity index (χ0) is 11.6. The fraction of sp³-hybridized carbons (Fsp3) is 1.00. The third-order valence-corrected chi connectivity index (χ3v) is 3.34. The second-order valence-corrected chi connectivity index (χ2v) is 4.37. The first-order valence-electron chi connectivity index (χ1n) is 5.57. The molecule has 1 saturated heterocycles. The van der Waals surface area contributed by atoms with Gasteiger partial charge >= 0.3 is 0 Å². The summed E-state index contributed by atoms with van der Waals surface area (Å²) < 4.78 is 10.7. The number of aliphatic hydroxyl groups is 2. The molecule has 0 aromatic heterocycles. The van der Waals surface area contributed by atoms with E-state index in [0.29, 0.717) is 0 Å². The molecule has 0 radical (unpaired) electrons. The Morgan fingerprint density at radius 1 is 1.33 bits per heavy atom. The van der Waals surface area contributed by atoms with Gasteiger partial charge in [-0.25, -0.2) is 0 Å². The SMILES string of the molecule is CCC(C)C1OC(C)C(O)C(OC)C1O. The van der Waals surface area contributed by atoms with Crippen LogP contribution in [0, 0.1) is 5.92 Å². The Bertz CT molecular complexity index is 197. The second kappa shape index (κ2) is 5.25. The summed E-state index contributed by atoms with van der Waals surface area (Å²) in [6, 6.07) is 0. The summed E-state index contributed by atoms with van der Waals surface area (Å²) >= 11 is 0. The molecule has 0 spiro atoms. The molecule has 6 atom stereocenters. The third-order valence-electron chi connectivity index (χ3n) is 3.34. The van der Waals surface area contributed by atoms with Crippen molar-refractivity contribution in [3.8, 4) is 0 Å². The Labute approximate surface area is 91.2 Å². The smallest absolute Gasteiger partial charge is 0.114 e. The van der Waals surface area contributed by atoms with Gasteiger partial charge in [0, 0.05) is 7.11 Å². The van der Waals surface area contributed by atoms with Crippen LogP contribution in [0.15, 0.2) is 0 Å². The van der Waals surface area contributed by atoms with Crippen LogP contribution in [0.5, 0.6) is 0 Å². The molecule has 1 aliphatic heterocycles. The van der Waals surface area contributed by atoms with Gasteiger partial charge in [-0.3, -0.25) is 0 Å². The minimum absolute atomic E-state index is 0.252. The van der Waals surface area contributed by atoms with E-state index in [0.717, 1.165) is 6.42 Å². The summed E-state index contributed by atoms with van der Waals surface area (Å²) in [6.45, 7) is 5.89. The van der Waals surface area contributed by atoms with Gasteiger partial charge in [-0.1, -0.05) is 20.3 Å². The van der Waals surface area contributed by atoms with Crippen molar-refractivity contribution >= 4 is 0 Å². The van der Waals surface area contributed by atoms with Crippen molar-refractivity contribution < 1.29 is 19.7 Å². The molecule has 0 aromatic carbocycles. The topological polar surface area (TPSA) is 58.9 Å². The molecule has 1 fully saturated rings. The van der Waals surface area contributed by atoms with Gasteiger partial charge in [0.1, 0.15) is 18.3 Å². The maximum atomic E-state index is 10.0. The van der Waals surface area contributed by atoms with Gasteiger partial charge in [-0.05, 0) is 12.8 Å². The monoisotopic (exact) mass is 218 g/mol. The van der Waals surface area contributed by atoms with Crippen molar-refractivity contribution in [1.82, 2.24) is 0 Å². The summed E-state index contributed by atoms with van der Waals surface area (Å²) in [7, 11) is 1.50. The second-order valence-electron chi connectivity index (χ2n) is 4.37. The highest BCUT2D eigenvalue weighted by atomic mass is 16.6. The predicted octanol–water partition coefficient (Wildman–Crippen LogP) is 0.557. The summed E-state index contributed by atoms with van der Waals surface area (Å²) in [4.78, 5) is 0. The summed E-state index contributed by atoms with van der Waals surface area (Å²) in [5, 5.41) is 19.8. The third kappa shape index (κ3) is 2.50. The molecular formula is C11H22O4. The molecule has 0 aliphatic carbocycles. The molecule has 0 bridgehead atoms. The van der Waals surface area contributed by atoms with Crippen molar-refractivity contribution in [1.29, 1.82) is 0 Å². The largest absolute Gasteiger partial charge is 0.388 e. The lowest BCUT2D eigenvalue weighted by molar-refractivity contribution is -0.235. The van der Waals surface area contributed by atoms with Gasteiger partial charge in [0.05, 0.1) is 12.2 Å². The zero-order valence-electron chi connectivity index (χ0n) is 9.88. The number of ether oxygens (including phenoxy) is 2. The van der Waals surface area contributed by atoms with Gasteiger partial charge in [-0.2, -0.15) is 0 Å². The van der Waals surface area contributed by atoms with Gasteiger partial charge in [0.15, 0.2) is 0 Å². The molecule has 2 N–H and O–H groups in total. The average molecular weight is 218 g/mol. The molecule has 4 nitrogen and oxygen atoms in total. The van der Waals surface area contributed by atoms with Crippen LogP contribution >= 0.6 is 0 Å². The normalized spacial score (nSPS) is 44.0. The fourth-order valence-corrected chi connectivity index (χ4v) is 2.05. The molecule has 15 heavy (non-hydrogen) atoms. The minimum Gasteiger partial charge on any atom is -0.388 e. The molecule has 1 rings (SSSR count). The van der Waals surface area contributed by atoms with E-state index in [1.54, 1.807) is 6.92 Å². The van der Waals surface area contributed by atoms with Crippen LogP contribution in [0.2, 0.25) is 0 Å². The standard InChI is InChI=1S/C11H22O4/c1-5-6(2)10-9(13)11(14-4)8(12)7(3)15-10/h6-13H,5H2,1-4H3. The lowest BCUT2D eigenvalue weighted by Gasteiger charge is -2.43. The first-order chi connectivity index (χ1) is 7.02. The van der Waals surface area contributed by atoms with Crippen LogP contribution in [-0.4, -0.2) is 47.8 Å². The van der Waals surface area contributed by atoms with E-state index >= 15 is 0 Å². The van der Waals surface area contributed by atoms with Crippen molar-refractivity contribution in [2.45, 2.75) is 57.7 Å². The van der Waals surface area contributed by atoms with Gasteiger partial charge in [0.25, 0.3) is 0 Å². The number of hydrogen-bond donors (Lipinski definition) is 2. The molecule has 90 valence electrons. The summed E-state index contributed by atoms with van der Waals surface area (Å²) in [6.07, 6.45) is -1.68. The van der Waals surface area contributed by atoms with Gasteiger partial charge in [0.2, 0.25) is 0 Å². The Hall–Kier alpha value is -0.160. The van der Waals surface area contributed by atoms with Crippen molar-refractivity contribution in [2.75, 3.05) is 7.11 Å². The maximum absolute atomic E-state index is 10.0. The molecule has 1 heterocycles. The lowest BCUT2D eigenvalue weighted by atomic mass is 9.88. The zero-order valence-corrected chi connectivity index (χ0v) is 9.88. The average Bonchev–Trinajstić information content (AvgIpc) is 2.23. The Morgan fingerprint density at radius 2 is 1.93 bits per heavy atom. The molecule has 0 aromatic rings. The quantitative estimate of drug-likeness (QED) is 0.726. The van der Waals surface area contributed by atoms with Crippen LogP contribution in [0.4, 0.5) is 0 Å². The Kier molecular flexibility index (Phi) is 4.52. The molecule has 0 amide bonds.